The minimum Gasteiger partial charge on any atom is -0.315 e. The fourth-order valence-corrected chi connectivity index (χ4v) is 2.77. The van der Waals surface area contributed by atoms with Crippen molar-refractivity contribution in [3.05, 3.63) is 11.1 Å². The second kappa shape index (κ2) is 8.89. The van der Waals surface area contributed by atoms with E-state index in [1.807, 2.05) is 5.38 Å². The number of aliphatic imine (C=N–C) groups is 2. The van der Waals surface area contributed by atoms with Crippen molar-refractivity contribution in [2.45, 2.75) is 5.75 Å². The number of aromatic nitrogens is 1. The summed E-state index contributed by atoms with van der Waals surface area (Å²) in [5, 5.41) is 2.58. The van der Waals surface area contributed by atoms with E-state index in [1.165, 1.54) is 24.0 Å². The molecule has 1 rings (SSSR count). The molecular formula is C9H16N6O2S3. The third-order valence-corrected chi connectivity index (χ3v) is 4.06. The molecule has 20 heavy (non-hydrogen) atoms. The molecule has 8 nitrogen and oxygen atoms in total. The molecule has 0 spiro atoms. The van der Waals surface area contributed by atoms with Crippen LogP contribution in [-0.2, 0) is 15.8 Å². The Hall–Kier alpha value is -1.17. The maximum absolute atomic E-state index is 10.7. The van der Waals surface area contributed by atoms with Gasteiger partial charge in [-0.2, -0.15) is 11.8 Å². The van der Waals surface area contributed by atoms with E-state index in [2.05, 4.69) is 25.1 Å². The SMILES string of the molecule is CS(=O)(=O)NC=NCCSCc1csc(/N=C/NN)n1. The molecule has 0 aliphatic rings. The largest absolute Gasteiger partial charge is 0.315 e. The summed E-state index contributed by atoms with van der Waals surface area (Å²) in [6.45, 7) is 0.541. The van der Waals surface area contributed by atoms with Gasteiger partial charge in [0.15, 0.2) is 0 Å². The summed E-state index contributed by atoms with van der Waals surface area (Å²) in [7, 11) is -3.21. The third kappa shape index (κ3) is 8.09. The summed E-state index contributed by atoms with van der Waals surface area (Å²) in [5.74, 6) is 6.61. The predicted molar refractivity (Wildman–Crippen MR) is 85.1 cm³/mol. The van der Waals surface area contributed by atoms with Crippen LogP contribution in [-0.4, -0.2) is 44.6 Å². The summed E-state index contributed by atoms with van der Waals surface area (Å²) in [4.78, 5) is 12.2. The number of hydrazine groups is 1. The number of hydrogen-bond acceptors (Lipinski definition) is 8. The average molecular weight is 336 g/mol. The minimum atomic E-state index is -3.21. The van der Waals surface area contributed by atoms with Gasteiger partial charge in [0.05, 0.1) is 18.3 Å². The Morgan fingerprint density at radius 1 is 1.55 bits per heavy atom. The standard InChI is InChI=1S/C9H16N6O2S3/c1-20(16,17)14-6-11-2-3-18-4-8-5-19-9(15-8)12-7-13-10/h5-7H,2-4,10H2,1H3,(H,11,14)(H,12,13,15). The van der Waals surface area contributed by atoms with Crippen molar-refractivity contribution < 1.29 is 8.42 Å². The maximum Gasteiger partial charge on any atom is 0.230 e. The molecule has 11 heteroatoms. The van der Waals surface area contributed by atoms with Gasteiger partial charge in [-0.3, -0.25) is 9.71 Å². The molecule has 0 unspecified atom stereocenters. The zero-order valence-corrected chi connectivity index (χ0v) is 13.3. The molecule has 1 aromatic heterocycles. The number of thiazole rings is 1. The predicted octanol–water partition coefficient (Wildman–Crippen LogP) is 0.0769. The highest BCUT2D eigenvalue weighted by atomic mass is 32.2. The molecule has 0 radical (unpaired) electrons. The van der Waals surface area contributed by atoms with Crippen molar-refractivity contribution in [3.63, 3.8) is 0 Å². The lowest BCUT2D eigenvalue weighted by molar-refractivity contribution is 0.599. The van der Waals surface area contributed by atoms with Gasteiger partial charge in [-0.15, -0.1) is 11.3 Å². The van der Waals surface area contributed by atoms with Crippen molar-refractivity contribution in [2.75, 3.05) is 18.6 Å². The number of hydrogen-bond donors (Lipinski definition) is 3. The van der Waals surface area contributed by atoms with Crippen LogP contribution < -0.4 is 16.0 Å². The van der Waals surface area contributed by atoms with E-state index >= 15 is 0 Å². The summed E-state index contributed by atoms with van der Waals surface area (Å²) in [6.07, 6.45) is 3.65. The summed E-state index contributed by atoms with van der Waals surface area (Å²) in [5.41, 5.74) is 3.26. The molecule has 1 heterocycles. The number of nitrogens with two attached hydrogens (primary N) is 1. The number of nitrogens with zero attached hydrogens (tertiary/aromatic N) is 3. The molecule has 0 atom stereocenters. The minimum absolute atomic E-state index is 0.541. The first-order valence-electron chi connectivity index (χ1n) is 5.47. The van der Waals surface area contributed by atoms with Crippen LogP contribution in [0.1, 0.15) is 5.69 Å². The second-order valence-corrected chi connectivity index (χ2v) is 7.25. The lowest BCUT2D eigenvalue weighted by Crippen LogP contribution is -2.19. The maximum atomic E-state index is 10.7. The van der Waals surface area contributed by atoms with Gasteiger partial charge < -0.3 is 5.43 Å². The van der Waals surface area contributed by atoms with Gasteiger partial charge in [0, 0.05) is 23.4 Å². The van der Waals surface area contributed by atoms with Crippen LogP contribution in [0.25, 0.3) is 0 Å². The van der Waals surface area contributed by atoms with Gasteiger partial charge in [0.25, 0.3) is 0 Å². The normalized spacial score (nSPS) is 12.3. The highest BCUT2D eigenvalue weighted by Gasteiger charge is 2.00. The van der Waals surface area contributed by atoms with Crippen molar-refractivity contribution in [1.29, 1.82) is 0 Å². The van der Waals surface area contributed by atoms with Crippen molar-refractivity contribution >= 4 is 50.9 Å². The van der Waals surface area contributed by atoms with Gasteiger partial charge in [-0.1, -0.05) is 0 Å². The summed E-state index contributed by atoms with van der Waals surface area (Å²) in [6, 6.07) is 0. The van der Waals surface area contributed by atoms with Crippen LogP contribution >= 0.6 is 23.1 Å². The molecule has 0 saturated heterocycles. The van der Waals surface area contributed by atoms with Crippen molar-refractivity contribution in [2.24, 2.45) is 15.8 Å². The van der Waals surface area contributed by atoms with E-state index in [4.69, 9.17) is 5.84 Å². The molecule has 0 aromatic carbocycles. The van der Waals surface area contributed by atoms with Crippen molar-refractivity contribution in [1.82, 2.24) is 15.1 Å². The molecule has 0 aliphatic carbocycles. The fourth-order valence-electron chi connectivity index (χ4n) is 1.01. The number of thioether (sulfide) groups is 1. The molecule has 0 saturated carbocycles. The average Bonchev–Trinajstić information content (AvgIpc) is 2.82. The molecule has 1 aromatic rings. The van der Waals surface area contributed by atoms with E-state index in [1.54, 1.807) is 11.8 Å². The number of sulfonamides is 1. The zero-order chi connectivity index (χ0) is 14.8. The van der Waals surface area contributed by atoms with Crippen LogP contribution in [0.3, 0.4) is 0 Å². The second-order valence-electron chi connectivity index (χ2n) is 3.52. The van der Waals surface area contributed by atoms with Crippen LogP contribution in [0.15, 0.2) is 15.4 Å². The van der Waals surface area contributed by atoms with Gasteiger partial charge >= 0.3 is 0 Å². The molecule has 0 aliphatic heterocycles. The quantitative estimate of drug-likeness (QED) is 0.193. The lowest BCUT2D eigenvalue weighted by atomic mass is 10.6. The van der Waals surface area contributed by atoms with Crippen LogP contribution in [0.2, 0.25) is 0 Å². The molecular weight excluding hydrogens is 320 g/mol. The molecule has 0 amide bonds. The first-order valence-corrected chi connectivity index (χ1v) is 9.40. The van der Waals surface area contributed by atoms with E-state index in [9.17, 15) is 8.42 Å². The number of rotatable bonds is 9. The number of nitrogens with one attached hydrogen (secondary N) is 2. The zero-order valence-electron chi connectivity index (χ0n) is 10.8. The lowest BCUT2D eigenvalue weighted by Gasteiger charge is -1.96. The fraction of sp³-hybridized carbons (Fsp3) is 0.444. The van der Waals surface area contributed by atoms with Crippen molar-refractivity contribution in [3.8, 4) is 0 Å². The van der Waals surface area contributed by atoms with Crippen LogP contribution in [0.4, 0.5) is 5.13 Å². The molecule has 0 bridgehead atoms. The Bertz CT molecular complexity index is 554. The van der Waals surface area contributed by atoms with E-state index in [0.717, 1.165) is 23.5 Å². The highest BCUT2D eigenvalue weighted by Crippen LogP contribution is 2.21. The Kier molecular flexibility index (Phi) is 7.51. The Balaban J connectivity index is 2.18. The Morgan fingerprint density at radius 2 is 2.35 bits per heavy atom. The van der Waals surface area contributed by atoms with Crippen LogP contribution in [0, 0.1) is 0 Å². The smallest absolute Gasteiger partial charge is 0.230 e. The summed E-state index contributed by atoms with van der Waals surface area (Å²) < 4.78 is 23.7. The van der Waals surface area contributed by atoms with E-state index in [0.29, 0.717) is 11.7 Å². The highest BCUT2D eigenvalue weighted by molar-refractivity contribution is 7.98. The third-order valence-electron chi connectivity index (χ3n) is 1.76. The van der Waals surface area contributed by atoms with E-state index < -0.39 is 10.0 Å². The van der Waals surface area contributed by atoms with Gasteiger partial charge in [-0.25, -0.2) is 24.2 Å². The molecule has 112 valence electrons. The Labute approximate surface area is 126 Å². The van der Waals surface area contributed by atoms with Gasteiger partial charge in [0.2, 0.25) is 15.2 Å². The molecule has 4 N–H and O–H groups in total. The topological polar surface area (TPSA) is 122 Å². The molecule has 0 fully saturated rings. The van der Waals surface area contributed by atoms with Crippen LogP contribution in [0.5, 0.6) is 0 Å². The summed E-state index contributed by atoms with van der Waals surface area (Å²) >= 11 is 3.10. The first-order chi connectivity index (χ1) is 9.51. The van der Waals surface area contributed by atoms with E-state index in [-0.39, 0.29) is 0 Å². The first kappa shape index (κ1) is 16.9. The van der Waals surface area contributed by atoms with Gasteiger partial charge in [0.1, 0.15) is 6.34 Å². The Morgan fingerprint density at radius 3 is 3.05 bits per heavy atom. The monoisotopic (exact) mass is 336 g/mol. The van der Waals surface area contributed by atoms with Gasteiger partial charge in [-0.05, 0) is 0 Å².